The van der Waals surface area contributed by atoms with Gasteiger partial charge in [-0.2, -0.15) is 5.10 Å². The van der Waals surface area contributed by atoms with Crippen LogP contribution in [-0.2, 0) is 0 Å². The Morgan fingerprint density at radius 2 is 2.31 bits per heavy atom. The van der Waals surface area contributed by atoms with Gasteiger partial charge in [-0.25, -0.2) is 9.48 Å². The highest BCUT2D eigenvalue weighted by Crippen LogP contribution is 2.35. The van der Waals surface area contributed by atoms with Gasteiger partial charge in [-0.1, -0.05) is 0 Å². The lowest BCUT2D eigenvalue weighted by Gasteiger charge is -2.00. The average molecular weight is 219 g/mol. The summed E-state index contributed by atoms with van der Waals surface area (Å²) in [5.74, 6) is -1.22. The number of aromatic nitrogens is 3. The van der Waals surface area contributed by atoms with Gasteiger partial charge in [0.05, 0.1) is 17.6 Å². The SMILES string of the molecule is O=C(O)c1c[nH]c2c(cnn2C2CC2)c1=O. The van der Waals surface area contributed by atoms with E-state index in [1.54, 1.807) is 4.68 Å². The summed E-state index contributed by atoms with van der Waals surface area (Å²) in [5, 5.41) is 13.3. The second kappa shape index (κ2) is 2.94. The summed E-state index contributed by atoms with van der Waals surface area (Å²) in [4.78, 5) is 25.4. The van der Waals surface area contributed by atoms with Crippen molar-refractivity contribution in [3.63, 3.8) is 0 Å². The topological polar surface area (TPSA) is 88.0 Å². The Morgan fingerprint density at radius 1 is 1.56 bits per heavy atom. The second-order valence-electron chi connectivity index (χ2n) is 3.92. The fourth-order valence-corrected chi connectivity index (χ4v) is 1.78. The Balaban J connectivity index is 2.30. The predicted octanol–water partition coefficient (Wildman–Crippen LogP) is 0.758. The van der Waals surface area contributed by atoms with Crippen LogP contribution in [0.1, 0.15) is 29.2 Å². The number of carboxylic acid groups (broad SMARTS) is 1. The molecule has 0 atom stereocenters. The summed E-state index contributed by atoms with van der Waals surface area (Å²) >= 11 is 0. The van der Waals surface area contributed by atoms with Crippen LogP contribution in [0, 0.1) is 0 Å². The Hall–Kier alpha value is -2.11. The molecule has 0 unspecified atom stereocenters. The largest absolute Gasteiger partial charge is 0.477 e. The van der Waals surface area contributed by atoms with Crippen LogP contribution >= 0.6 is 0 Å². The van der Waals surface area contributed by atoms with Gasteiger partial charge in [-0.15, -0.1) is 0 Å². The van der Waals surface area contributed by atoms with E-state index in [-0.39, 0.29) is 5.56 Å². The summed E-state index contributed by atoms with van der Waals surface area (Å²) < 4.78 is 1.75. The second-order valence-corrected chi connectivity index (χ2v) is 3.92. The zero-order valence-electron chi connectivity index (χ0n) is 8.30. The van der Waals surface area contributed by atoms with Crippen molar-refractivity contribution in [1.82, 2.24) is 14.8 Å². The normalized spacial score (nSPS) is 15.5. The van der Waals surface area contributed by atoms with Gasteiger partial charge < -0.3 is 10.1 Å². The number of hydrogen-bond donors (Lipinski definition) is 2. The number of carbonyl (C=O) groups is 1. The van der Waals surface area contributed by atoms with Gasteiger partial charge in [0.25, 0.3) is 0 Å². The van der Waals surface area contributed by atoms with Crippen molar-refractivity contribution >= 4 is 17.0 Å². The summed E-state index contributed by atoms with van der Waals surface area (Å²) in [6, 6.07) is 0.351. The molecule has 2 aromatic rings. The van der Waals surface area contributed by atoms with Crippen LogP contribution in [0.2, 0.25) is 0 Å². The van der Waals surface area contributed by atoms with Crippen LogP contribution < -0.4 is 5.43 Å². The highest BCUT2D eigenvalue weighted by atomic mass is 16.4. The summed E-state index contributed by atoms with van der Waals surface area (Å²) in [6.45, 7) is 0. The maximum atomic E-state index is 11.8. The molecule has 1 aliphatic carbocycles. The van der Waals surface area contributed by atoms with Crippen molar-refractivity contribution in [2.45, 2.75) is 18.9 Å². The maximum absolute atomic E-state index is 11.8. The average Bonchev–Trinajstić information content (AvgIpc) is 2.99. The van der Waals surface area contributed by atoms with Crippen LogP contribution in [0.3, 0.4) is 0 Å². The van der Waals surface area contributed by atoms with Gasteiger partial charge in [-0.05, 0) is 12.8 Å². The van der Waals surface area contributed by atoms with E-state index in [1.807, 2.05) is 0 Å². The number of aromatic carboxylic acids is 1. The lowest BCUT2D eigenvalue weighted by atomic mass is 10.2. The molecule has 6 heteroatoms. The molecule has 2 aromatic heterocycles. The Labute approximate surface area is 89.5 Å². The molecule has 0 spiro atoms. The summed E-state index contributed by atoms with van der Waals surface area (Å²) in [6.07, 6.45) is 4.77. The molecule has 3 rings (SSSR count). The first-order valence-electron chi connectivity index (χ1n) is 5.00. The van der Waals surface area contributed by atoms with E-state index < -0.39 is 11.4 Å². The molecule has 16 heavy (non-hydrogen) atoms. The van der Waals surface area contributed by atoms with Gasteiger partial charge in [-0.3, -0.25) is 4.79 Å². The number of aromatic amines is 1. The van der Waals surface area contributed by atoms with Gasteiger partial charge in [0, 0.05) is 6.20 Å². The molecule has 0 radical (unpaired) electrons. The summed E-state index contributed by atoms with van der Waals surface area (Å²) in [7, 11) is 0. The van der Waals surface area contributed by atoms with Crippen LogP contribution in [0.4, 0.5) is 0 Å². The van der Waals surface area contributed by atoms with E-state index >= 15 is 0 Å². The molecule has 6 nitrogen and oxygen atoms in total. The molecule has 2 N–H and O–H groups in total. The fourth-order valence-electron chi connectivity index (χ4n) is 1.78. The first kappa shape index (κ1) is 9.14. The lowest BCUT2D eigenvalue weighted by Crippen LogP contribution is -2.15. The van der Waals surface area contributed by atoms with Crippen LogP contribution in [0.15, 0.2) is 17.2 Å². The zero-order valence-corrected chi connectivity index (χ0v) is 8.30. The smallest absolute Gasteiger partial charge is 0.341 e. The quantitative estimate of drug-likeness (QED) is 0.780. The van der Waals surface area contributed by atoms with E-state index in [9.17, 15) is 9.59 Å². The Bertz CT molecular complexity index is 636. The number of carboxylic acids is 1. The maximum Gasteiger partial charge on any atom is 0.341 e. The molecule has 1 aliphatic rings. The standard InChI is InChI=1S/C10H9N3O3/c14-8-6-4-12-13(5-1-2-5)9(6)11-3-7(8)10(15)16/h3-5H,1-2H2,(H,11,14)(H,15,16). The number of pyridine rings is 1. The van der Waals surface area contributed by atoms with Gasteiger partial charge in [0.15, 0.2) is 0 Å². The number of nitrogens with zero attached hydrogens (tertiary/aromatic N) is 2. The van der Waals surface area contributed by atoms with E-state index in [0.29, 0.717) is 17.1 Å². The van der Waals surface area contributed by atoms with Crippen molar-refractivity contribution in [3.8, 4) is 0 Å². The van der Waals surface area contributed by atoms with E-state index in [2.05, 4.69) is 10.1 Å². The van der Waals surface area contributed by atoms with Gasteiger partial charge in [0.1, 0.15) is 11.2 Å². The minimum Gasteiger partial charge on any atom is -0.477 e. The van der Waals surface area contributed by atoms with Crippen LogP contribution in [0.5, 0.6) is 0 Å². The monoisotopic (exact) mass is 219 g/mol. The number of fused-ring (bicyclic) bond motifs is 1. The van der Waals surface area contributed by atoms with Crippen molar-refractivity contribution in [2.75, 3.05) is 0 Å². The Morgan fingerprint density at radius 3 is 2.94 bits per heavy atom. The van der Waals surface area contributed by atoms with Crippen LogP contribution in [0.25, 0.3) is 11.0 Å². The van der Waals surface area contributed by atoms with Gasteiger partial charge >= 0.3 is 5.97 Å². The lowest BCUT2D eigenvalue weighted by molar-refractivity contribution is 0.0695. The van der Waals surface area contributed by atoms with Crippen molar-refractivity contribution in [2.24, 2.45) is 0 Å². The minimum absolute atomic E-state index is 0.247. The first-order valence-corrected chi connectivity index (χ1v) is 5.00. The number of hydrogen-bond acceptors (Lipinski definition) is 3. The van der Waals surface area contributed by atoms with E-state index in [1.165, 1.54) is 12.4 Å². The third kappa shape index (κ3) is 1.16. The predicted molar refractivity (Wildman–Crippen MR) is 55.6 cm³/mol. The third-order valence-corrected chi connectivity index (χ3v) is 2.76. The minimum atomic E-state index is -1.22. The van der Waals surface area contributed by atoms with Crippen molar-refractivity contribution in [1.29, 1.82) is 0 Å². The molecule has 1 fully saturated rings. The van der Waals surface area contributed by atoms with Gasteiger partial charge in [0.2, 0.25) is 5.43 Å². The molecule has 0 aromatic carbocycles. The Kier molecular flexibility index (Phi) is 1.68. The first-order chi connectivity index (χ1) is 7.68. The van der Waals surface area contributed by atoms with E-state index in [4.69, 9.17) is 5.11 Å². The van der Waals surface area contributed by atoms with Crippen molar-refractivity contribution < 1.29 is 9.90 Å². The summed E-state index contributed by atoms with van der Waals surface area (Å²) in [5.41, 5.74) is -0.117. The molecule has 2 heterocycles. The molecule has 0 aliphatic heterocycles. The van der Waals surface area contributed by atoms with E-state index in [0.717, 1.165) is 12.8 Å². The number of nitrogens with one attached hydrogen (secondary N) is 1. The molecule has 0 bridgehead atoms. The highest BCUT2D eigenvalue weighted by molar-refractivity contribution is 5.91. The molecular weight excluding hydrogens is 210 g/mol. The highest BCUT2D eigenvalue weighted by Gasteiger charge is 2.27. The zero-order chi connectivity index (χ0) is 11.3. The molecule has 1 saturated carbocycles. The fraction of sp³-hybridized carbons (Fsp3) is 0.300. The molecule has 0 saturated heterocycles. The number of H-pyrrole nitrogens is 1. The number of rotatable bonds is 2. The van der Waals surface area contributed by atoms with Crippen molar-refractivity contribution in [3.05, 3.63) is 28.2 Å². The molecule has 0 amide bonds. The third-order valence-electron chi connectivity index (χ3n) is 2.76. The molecular formula is C10H9N3O3. The molecule has 82 valence electrons. The van der Waals surface area contributed by atoms with Crippen LogP contribution in [-0.4, -0.2) is 25.8 Å².